The van der Waals surface area contributed by atoms with Gasteiger partial charge < -0.3 is 24.9 Å². The van der Waals surface area contributed by atoms with Crippen LogP contribution in [0.3, 0.4) is 0 Å². The molecule has 0 radical (unpaired) electrons. The molecule has 2 aromatic rings. The molecule has 7 nitrogen and oxygen atoms in total. The first-order chi connectivity index (χ1) is 18.7. The molecule has 0 aromatic heterocycles. The second-order valence-corrected chi connectivity index (χ2v) is 17.3. The highest BCUT2D eigenvalue weighted by Gasteiger charge is 2.45. The summed E-state index contributed by atoms with van der Waals surface area (Å²) in [5.41, 5.74) is 1.95. The third-order valence-corrected chi connectivity index (χ3v) is 13.5. The number of urea groups is 1. The fourth-order valence-electron chi connectivity index (χ4n) is 5.25. The minimum absolute atomic E-state index is 0.0576. The van der Waals surface area contributed by atoms with Gasteiger partial charge in [-0.1, -0.05) is 26.8 Å². The van der Waals surface area contributed by atoms with Gasteiger partial charge in [-0.05, 0) is 66.9 Å². The summed E-state index contributed by atoms with van der Waals surface area (Å²) < 4.78 is 34.3. The quantitative estimate of drug-likeness (QED) is 0.307. The summed E-state index contributed by atoms with van der Waals surface area (Å²) in [5.74, 6) is -0.820. The van der Waals surface area contributed by atoms with Crippen molar-refractivity contribution in [3.63, 3.8) is 0 Å². The number of Topliss-reactive ketones (excluding diaryl/α,β-unsaturated/α-hetero) is 1. The van der Waals surface area contributed by atoms with Gasteiger partial charge >= 0.3 is 6.03 Å². The van der Waals surface area contributed by atoms with Gasteiger partial charge in [-0.3, -0.25) is 4.79 Å². The molecule has 0 atom stereocenters. The minimum atomic E-state index is -1.87. The standard InChI is InChI=1S/C30H42F2N4O3Si/c1-29(2,3)40(5,6)39-16-13-33-25-17-21(7-9-24(25)32)20-34-28(38)36-14-11-30(12-15-36)19-27(37)23-18-22(31)8-10-26(23)35(30)4/h7-10,17-18,33H,11-16,19-20H2,1-6H3,(H,34,38). The zero-order chi connectivity index (χ0) is 29.3. The van der Waals surface area contributed by atoms with Gasteiger partial charge in [0.25, 0.3) is 0 Å². The molecule has 0 bridgehead atoms. The van der Waals surface area contributed by atoms with E-state index < -0.39 is 14.1 Å². The van der Waals surface area contributed by atoms with E-state index in [9.17, 15) is 18.4 Å². The molecular weight excluding hydrogens is 530 g/mol. The first-order valence-corrected chi connectivity index (χ1v) is 16.9. The smallest absolute Gasteiger partial charge is 0.317 e. The van der Waals surface area contributed by atoms with Crippen LogP contribution >= 0.6 is 0 Å². The minimum Gasteiger partial charge on any atom is -0.415 e. The summed E-state index contributed by atoms with van der Waals surface area (Å²) in [6, 6.07) is 8.95. The maximum Gasteiger partial charge on any atom is 0.317 e. The van der Waals surface area contributed by atoms with Crippen molar-refractivity contribution in [2.24, 2.45) is 0 Å². The molecule has 10 heteroatoms. The normalized spacial score (nSPS) is 17.1. The lowest BCUT2D eigenvalue weighted by Gasteiger charge is -2.50. The van der Waals surface area contributed by atoms with Gasteiger partial charge in [-0.15, -0.1) is 0 Å². The highest BCUT2D eigenvalue weighted by Crippen LogP contribution is 2.42. The number of hydrogen-bond donors (Lipinski definition) is 2. The first kappa shape index (κ1) is 30.0. The summed E-state index contributed by atoms with van der Waals surface area (Å²) in [6.07, 6.45) is 1.59. The van der Waals surface area contributed by atoms with Crippen molar-refractivity contribution in [1.29, 1.82) is 0 Å². The van der Waals surface area contributed by atoms with E-state index in [4.69, 9.17) is 4.43 Å². The monoisotopic (exact) mass is 572 g/mol. The predicted octanol–water partition coefficient (Wildman–Crippen LogP) is 6.17. The zero-order valence-corrected chi connectivity index (χ0v) is 25.5. The van der Waals surface area contributed by atoms with Crippen LogP contribution in [0.25, 0.3) is 0 Å². The highest BCUT2D eigenvalue weighted by molar-refractivity contribution is 6.74. The number of carbonyl (C=O) groups excluding carboxylic acids is 2. The first-order valence-electron chi connectivity index (χ1n) is 14.0. The van der Waals surface area contributed by atoms with Crippen LogP contribution in [0.15, 0.2) is 36.4 Å². The molecule has 2 heterocycles. The molecule has 218 valence electrons. The number of amides is 2. The van der Waals surface area contributed by atoms with Crippen LogP contribution in [-0.2, 0) is 11.0 Å². The Morgan fingerprint density at radius 1 is 1.10 bits per heavy atom. The summed E-state index contributed by atoms with van der Waals surface area (Å²) >= 11 is 0. The van der Waals surface area contributed by atoms with Crippen LogP contribution in [0.1, 0.15) is 56.0 Å². The molecule has 2 amide bonds. The van der Waals surface area contributed by atoms with Crippen molar-refractivity contribution in [3.05, 3.63) is 59.2 Å². The second kappa shape index (κ2) is 11.5. The SMILES string of the molecule is CN1c2ccc(F)cc2C(=O)CC12CCN(C(=O)NCc1ccc(F)c(NCCO[Si](C)(C)C(C)(C)C)c1)CC2. The van der Waals surface area contributed by atoms with Gasteiger partial charge in [-0.25, -0.2) is 13.6 Å². The number of halogens is 2. The summed E-state index contributed by atoms with van der Waals surface area (Å²) in [7, 11) is 0.0765. The Kier molecular flexibility index (Phi) is 8.61. The molecule has 2 N–H and O–H groups in total. The number of hydrogen-bond acceptors (Lipinski definition) is 5. The van der Waals surface area contributed by atoms with E-state index >= 15 is 0 Å². The summed E-state index contributed by atoms with van der Waals surface area (Å²) in [6.45, 7) is 13.2. The summed E-state index contributed by atoms with van der Waals surface area (Å²) in [5, 5.41) is 6.19. The third kappa shape index (κ3) is 6.33. The van der Waals surface area contributed by atoms with Crippen LogP contribution < -0.4 is 15.5 Å². The Hall–Kier alpha value is -2.98. The number of nitrogens with one attached hydrogen (secondary N) is 2. The van der Waals surface area contributed by atoms with E-state index in [-0.39, 0.29) is 34.8 Å². The van der Waals surface area contributed by atoms with Crippen LogP contribution in [0.5, 0.6) is 0 Å². The number of fused-ring (bicyclic) bond motifs is 1. The molecule has 0 aliphatic carbocycles. The maximum absolute atomic E-state index is 14.4. The van der Waals surface area contributed by atoms with E-state index in [0.717, 1.165) is 11.3 Å². The average molecular weight is 573 g/mol. The van der Waals surface area contributed by atoms with Gasteiger partial charge in [0.1, 0.15) is 11.6 Å². The Bertz CT molecular complexity index is 1260. The number of likely N-dealkylation sites (tertiary alicyclic amines) is 1. The van der Waals surface area contributed by atoms with E-state index in [1.54, 1.807) is 23.1 Å². The van der Waals surface area contributed by atoms with Gasteiger partial charge in [-0.2, -0.15) is 0 Å². The van der Waals surface area contributed by atoms with Crippen molar-refractivity contribution >= 4 is 31.5 Å². The van der Waals surface area contributed by atoms with Gasteiger partial charge in [0, 0.05) is 50.9 Å². The van der Waals surface area contributed by atoms with Crippen molar-refractivity contribution in [2.45, 2.75) is 70.2 Å². The molecule has 2 aliphatic rings. The van der Waals surface area contributed by atoms with E-state index in [1.807, 2.05) is 7.05 Å². The molecular formula is C30H42F2N4O3Si. The highest BCUT2D eigenvalue weighted by atomic mass is 28.4. The van der Waals surface area contributed by atoms with Crippen LogP contribution in [0.2, 0.25) is 18.1 Å². The Balaban J connectivity index is 1.28. The van der Waals surface area contributed by atoms with Gasteiger partial charge in [0.2, 0.25) is 0 Å². The van der Waals surface area contributed by atoms with E-state index in [2.05, 4.69) is 49.4 Å². The lowest BCUT2D eigenvalue weighted by atomic mass is 9.77. The van der Waals surface area contributed by atoms with E-state index in [0.29, 0.717) is 56.8 Å². The molecule has 2 aliphatic heterocycles. The number of benzene rings is 2. The average Bonchev–Trinajstić information content (AvgIpc) is 2.89. The molecule has 4 rings (SSSR count). The number of ketones is 1. The molecule has 0 unspecified atom stereocenters. The van der Waals surface area contributed by atoms with Crippen molar-refractivity contribution in [1.82, 2.24) is 10.2 Å². The molecule has 0 saturated carbocycles. The van der Waals surface area contributed by atoms with Crippen LogP contribution in [0.4, 0.5) is 25.0 Å². The Morgan fingerprint density at radius 2 is 1.80 bits per heavy atom. The van der Waals surface area contributed by atoms with Crippen molar-refractivity contribution in [2.75, 3.05) is 43.5 Å². The largest absolute Gasteiger partial charge is 0.415 e. The van der Waals surface area contributed by atoms with Crippen LogP contribution in [-0.4, -0.2) is 63.9 Å². The van der Waals surface area contributed by atoms with Crippen LogP contribution in [0, 0.1) is 11.6 Å². The molecule has 1 saturated heterocycles. The number of rotatable bonds is 7. The van der Waals surface area contributed by atoms with Crippen molar-refractivity contribution in [3.8, 4) is 0 Å². The van der Waals surface area contributed by atoms with Gasteiger partial charge in [0.05, 0.1) is 17.8 Å². The number of nitrogens with zero attached hydrogens (tertiary/aromatic N) is 2. The zero-order valence-electron chi connectivity index (χ0n) is 24.5. The number of piperidine rings is 1. The lowest BCUT2D eigenvalue weighted by molar-refractivity contribution is 0.0890. The number of anilines is 2. The van der Waals surface area contributed by atoms with Gasteiger partial charge in [0.15, 0.2) is 14.1 Å². The predicted molar refractivity (Wildman–Crippen MR) is 158 cm³/mol. The molecule has 40 heavy (non-hydrogen) atoms. The molecule has 1 spiro atoms. The fraction of sp³-hybridized carbons (Fsp3) is 0.533. The van der Waals surface area contributed by atoms with E-state index in [1.165, 1.54) is 18.2 Å². The summed E-state index contributed by atoms with van der Waals surface area (Å²) in [4.78, 5) is 29.6. The fourth-order valence-corrected chi connectivity index (χ4v) is 6.29. The second-order valence-electron chi connectivity index (χ2n) is 12.5. The topological polar surface area (TPSA) is 73.9 Å². The molecule has 1 fully saturated rings. The number of carbonyl (C=O) groups is 2. The maximum atomic E-state index is 14.4. The van der Waals surface area contributed by atoms with Crippen molar-refractivity contribution < 1.29 is 22.8 Å². The third-order valence-electron chi connectivity index (χ3n) is 8.96. The Labute approximate surface area is 237 Å². The lowest BCUT2D eigenvalue weighted by Crippen LogP contribution is -2.59. The molecule has 2 aromatic carbocycles. The Morgan fingerprint density at radius 3 is 2.48 bits per heavy atom.